The van der Waals surface area contributed by atoms with E-state index in [1.165, 1.54) is 11.3 Å². The molecule has 2 aromatic rings. The van der Waals surface area contributed by atoms with Crippen LogP contribution in [0.5, 0.6) is 0 Å². The van der Waals surface area contributed by atoms with Crippen molar-refractivity contribution in [3.8, 4) is 0 Å². The highest BCUT2D eigenvalue weighted by atomic mass is 32.1. The van der Waals surface area contributed by atoms with E-state index in [1.807, 2.05) is 44.2 Å². The first-order valence-corrected chi connectivity index (χ1v) is 11.2. The fraction of sp³-hybridized carbons (Fsp3) is 0.435. The molecule has 6 nitrogen and oxygen atoms in total. The molecule has 2 amide bonds. The third-order valence-corrected chi connectivity index (χ3v) is 6.81. The second kappa shape index (κ2) is 9.89. The zero-order valence-corrected chi connectivity index (χ0v) is 18.2. The molecule has 1 heterocycles. The molecule has 0 aliphatic heterocycles. The fourth-order valence-corrected chi connectivity index (χ4v) is 5.29. The van der Waals surface area contributed by atoms with Crippen LogP contribution in [0.15, 0.2) is 30.3 Å². The number of benzene rings is 1. The van der Waals surface area contributed by atoms with Gasteiger partial charge in [0.2, 0.25) is 5.91 Å². The highest BCUT2D eigenvalue weighted by Crippen LogP contribution is 2.36. The molecule has 0 saturated heterocycles. The number of carboxylic acid groups (broad SMARTS) is 1. The Hall–Kier alpha value is -2.67. The molecule has 1 aliphatic carbocycles. The van der Waals surface area contributed by atoms with Gasteiger partial charge in [-0.3, -0.25) is 14.4 Å². The maximum Gasteiger partial charge on any atom is 0.307 e. The van der Waals surface area contributed by atoms with Crippen molar-refractivity contribution in [2.75, 3.05) is 5.32 Å². The number of aliphatic carboxylic acids is 1. The highest BCUT2D eigenvalue weighted by molar-refractivity contribution is 7.16. The van der Waals surface area contributed by atoms with Crippen LogP contribution in [0, 0.1) is 18.8 Å². The van der Waals surface area contributed by atoms with E-state index < -0.39 is 17.8 Å². The van der Waals surface area contributed by atoms with Gasteiger partial charge in [-0.25, -0.2) is 0 Å². The first-order chi connectivity index (χ1) is 14.4. The van der Waals surface area contributed by atoms with Crippen molar-refractivity contribution in [1.82, 2.24) is 5.32 Å². The molecular weight excluding hydrogens is 400 g/mol. The van der Waals surface area contributed by atoms with Crippen LogP contribution in [0.25, 0.3) is 0 Å². The maximum atomic E-state index is 13.0. The molecular formula is C23H28N2O4S. The minimum Gasteiger partial charge on any atom is -0.481 e. The molecule has 0 radical (unpaired) electrons. The second-order valence-corrected chi connectivity index (χ2v) is 8.91. The van der Waals surface area contributed by atoms with Gasteiger partial charge < -0.3 is 15.7 Å². The Kier molecular flexibility index (Phi) is 7.26. The number of aryl methyl sites for hydroxylation is 1. The minimum atomic E-state index is -0.924. The van der Waals surface area contributed by atoms with Gasteiger partial charge in [0.15, 0.2) is 0 Å². The van der Waals surface area contributed by atoms with Crippen LogP contribution in [0.4, 0.5) is 5.00 Å². The summed E-state index contributed by atoms with van der Waals surface area (Å²) < 4.78 is 0. The molecule has 160 valence electrons. The number of hydrogen-bond acceptors (Lipinski definition) is 4. The Morgan fingerprint density at radius 1 is 1.10 bits per heavy atom. The summed E-state index contributed by atoms with van der Waals surface area (Å²) in [7, 11) is 0. The quantitative estimate of drug-likeness (QED) is 0.610. The molecule has 1 aliphatic rings. The summed E-state index contributed by atoms with van der Waals surface area (Å²) >= 11 is 1.38. The van der Waals surface area contributed by atoms with Crippen LogP contribution in [0.3, 0.4) is 0 Å². The van der Waals surface area contributed by atoms with Crippen molar-refractivity contribution in [2.24, 2.45) is 11.8 Å². The van der Waals surface area contributed by atoms with Crippen LogP contribution in [-0.4, -0.2) is 22.9 Å². The standard InChI is InChI=1S/C23H28N2O4S/c1-3-16-14(2)30-22(19(16)21(27)24-13-15-9-5-4-6-10-15)25-20(26)17-11-7-8-12-18(17)23(28)29/h4-6,9-10,17-18H,3,7-8,11-13H2,1-2H3,(H,24,27)(H,25,26)(H,28,29)/t17-,18+/m1/s1. The number of carbonyl (C=O) groups excluding carboxylic acids is 2. The van der Waals surface area contributed by atoms with Gasteiger partial charge in [-0.1, -0.05) is 50.1 Å². The number of carbonyl (C=O) groups is 3. The van der Waals surface area contributed by atoms with Crippen molar-refractivity contribution in [1.29, 1.82) is 0 Å². The summed E-state index contributed by atoms with van der Waals surface area (Å²) in [5.41, 5.74) is 2.40. The number of hydrogen-bond donors (Lipinski definition) is 3. The molecule has 0 spiro atoms. The van der Waals surface area contributed by atoms with Gasteiger partial charge in [0.1, 0.15) is 5.00 Å². The molecule has 1 aromatic carbocycles. The number of nitrogens with one attached hydrogen (secondary N) is 2. The van der Waals surface area contributed by atoms with Gasteiger partial charge in [-0.15, -0.1) is 11.3 Å². The molecule has 3 N–H and O–H groups in total. The van der Waals surface area contributed by atoms with Crippen LogP contribution < -0.4 is 10.6 Å². The van der Waals surface area contributed by atoms with Gasteiger partial charge in [-0.05, 0) is 37.3 Å². The molecule has 2 atom stereocenters. The largest absolute Gasteiger partial charge is 0.481 e. The molecule has 1 fully saturated rings. The number of anilines is 1. The summed E-state index contributed by atoms with van der Waals surface area (Å²) in [6.07, 6.45) is 3.42. The SMILES string of the molecule is CCc1c(C)sc(NC(=O)[C@@H]2CCCC[C@@H]2C(=O)O)c1C(=O)NCc1ccccc1. The Morgan fingerprint density at radius 3 is 2.40 bits per heavy atom. The topological polar surface area (TPSA) is 95.5 Å². The van der Waals surface area contributed by atoms with E-state index in [9.17, 15) is 19.5 Å². The zero-order valence-electron chi connectivity index (χ0n) is 17.4. The molecule has 7 heteroatoms. The van der Waals surface area contributed by atoms with Gasteiger partial charge in [0.05, 0.1) is 17.4 Å². The summed E-state index contributed by atoms with van der Waals surface area (Å²) in [4.78, 5) is 38.5. The lowest BCUT2D eigenvalue weighted by atomic mass is 9.79. The second-order valence-electron chi connectivity index (χ2n) is 7.69. The monoisotopic (exact) mass is 428 g/mol. The van der Waals surface area contributed by atoms with Gasteiger partial charge >= 0.3 is 5.97 Å². The van der Waals surface area contributed by atoms with Crippen molar-refractivity contribution >= 4 is 34.1 Å². The third-order valence-electron chi connectivity index (χ3n) is 5.74. The zero-order chi connectivity index (χ0) is 21.7. The van der Waals surface area contributed by atoms with Gasteiger partial charge in [0.25, 0.3) is 5.91 Å². The summed E-state index contributed by atoms with van der Waals surface area (Å²) in [5.74, 6) is -2.69. The average Bonchev–Trinajstić information content (AvgIpc) is 3.07. The number of rotatable bonds is 7. The Bertz CT molecular complexity index is 923. The molecule has 1 aromatic heterocycles. The van der Waals surface area contributed by atoms with E-state index in [2.05, 4.69) is 10.6 Å². The van der Waals surface area contributed by atoms with Crippen LogP contribution in [0.2, 0.25) is 0 Å². The normalized spacial score (nSPS) is 18.6. The minimum absolute atomic E-state index is 0.228. The van der Waals surface area contributed by atoms with Crippen molar-refractivity contribution in [3.05, 3.63) is 51.9 Å². The van der Waals surface area contributed by atoms with Crippen molar-refractivity contribution in [2.45, 2.75) is 52.5 Å². The lowest BCUT2D eigenvalue weighted by Gasteiger charge is -2.27. The predicted molar refractivity (Wildman–Crippen MR) is 118 cm³/mol. The van der Waals surface area contributed by atoms with E-state index in [4.69, 9.17) is 0 Å². The first kappa shape index (κ1) is 22.0. The highest BCUT2D eigenvalue weighted by Gasteiger charge is 2.36. The number of amides is 2. The smallest absolute Gasteiger partial charge is 0.307 e. The number of thiophene rings is 1. The van der Waals surface area contributed by atoms with E-state index in [-0.39, 0.29) is 11.8 Å². The Balaban J connectivity index is 1.80. The van der Waals surface area contributed by atoms with E-state index in [1.54, 1.807) is 0 Å². The lowest BCUT2D eigenvalue weighted by Crippen LogP contribution is -2.36. The van der Waals surface area contributed by atoms with E-state index in [0.29, 0.717) is 36.4 Å². The fourth-order valence-electron chi connectivity index (χ4n) is 4.14. The predicted octanol–water partition coefficient (Wildman–Crippen LogP) is 4.38. The molecule has 3 rings (SSSR count). The summed E-state index contributed by atoms with van der Waals surface area (Å²) in [6.45, 7) is 4.32. The van der Waals surface area contributed by atoms with Crippen LogP contribution in [-0.2, 0) is 22.6 Å². The lowest BCUT2D eigenvalue weighted by molar-refractivity contribution is -0.147. The molecule has 0 unspecified atom stereocenters. The Morgan fingerprint density at radius 2 is 1.77 bits per heavy atom. The average molecular weight is 429 g/mol. The maximum absolute atomic E-state index is 13.0. The third kappa shape index (κ3) is 4.90. The van der Waals surface area contributed by atoms with Gasteiger partial charge in [-0.2, -0.15) is 0 Å². The molecule has 1 saturated carbocycles. The Labute approximate surface area is 180 Å². The first-order valence-electron chi connectivity index (χ1n) is 10.4. The van der Waals surface area contributed by atoms with Crippen molar-refractivity contribution in [3.63, 3.8) is 0 Å². The van der Waals surface area contributed by atoms with Crippen LogP contribution >= 0.6 is 11.3 Å². The summed E-state index contributed by atoms with van der Waals surface area (Å²) in [5, 5.41) is 15.8. The summed E-state index contributed by atoms with van der Waals surface area (Å²) in [6, 6.07) is 9.65. The van der Waals surface area contributed by atoms with Crippen molar-refractivity contribution < 1.29 is 19.5 Å². The molecule has 30 heavy (non-hydrogen) atoms. The molecule has 0 bridgehead atoms. The van der Waals surface area contributed by atoms with Gasteiger partial charge in [0, 0.05) is 11.4 Å². The number of carboxylic acids is 1. The van der Waals surface area contributed by atoms with E-state index >= 15 is 0 Å². The van der Waals surface area contributed by atoms with Crippen LogP contribution in [0.1, 0.15) is 59.0 Å². The van der Waals surface area contributed by atoms with E-state index in [0.717, 1.165) is 28.8 Å².